The number of piperazine rings is 1. The van der Waals surface area contributed by atoms with Gasteiger partial charge in [0, 0.05) is 45.1 Å². The van der Waals surface area contributed by atoms with E-state index >= 15 is 0 Å². The van der Waals surface area contributed by atoms with Gasteiger partial charge in [0.2, 0.25) is 0 Å². The van der Waals surface area contributed by atoms with E-state index in [2.05, 4.69) is 46.9 Å². The number of carbonyl (C=O) groups is 1. The Labute approximate surface area is 163 Å². The van der Waals surface area contributed by atoms with Crippen molar-refractivity contribution in [2.75, 3.05) is 31.1 Å². The Bertz CT molecular complexity index is 1110. The number of fused-ring (bicyclic) bond motifs is 1. The molecule has 2 aromatic heterocycles. The minimum Gasteiger partial charge on any atom is -0.368 e. The van der Waals surface area contributed by atoms with Crippen molar-refractivity contribution >= 4 is 22.8 Å². The van der Waals surface area contributed by atoms with E-state index in [1.54, 1.807) is 30.3 Å². The van der Waals surface area contributed by atoms with Crippen LogP contribution in [-0.2, 0) is 7.05 Å². The maximum absolute atomic E-state index is 13.0. The van der Waals surface area contributed by atoms with Crippen molar-refractivity contribution in [3.63, 3.8) is 0 Å². The van der Waals surface area contributed by atoms with Gasteiger partial charge in [-0.1, -0.05) is 12.1 Å². The molecule has 0 radical (unpaired) electrons. The van der Waals surface area contributed by atoms with Gasteiger partial charge in [0.1, 0.15) is 5.52 Å². The highest BCUT2D eigenvalue weighted by molar-refractivity contribution is 5.93. The Balaban J connectivity index is 1.56. The standard InChI is InChI=1S/C21H23N5O2/c1-14-6-7-15(2)17(13-14)25-9-11-26(12-10-25)21(28)18-20(27)24(3)19-16(23-18)5-4-8-22-19/h4-8,13H,9-12H2,1-3H3. The predicted molar refractivity (Wildman–Crippen MR) is 109 cm³/mol. The molecule has 0 spiro atoms. The summed E-state index contributed by atoms with van der Waals surface area (Å²) in [5, 5.41) is 0. The van der Waals surface area contributed by atoms with Gasteiger partial charge in [-0.3, -0.25) is 14.2 Å². The minimum absolute atomic E-state index is 0.0387. The molecule has 0 N–H and O–H groups in total. The van der Waals surface area contributed by atoms with Gasteiger partial charge in [-0.15, -0.1) is 0 Å². The second-order valence-electron chi connectivity index (χ2n) is 7.24. The summed E-state index contributed by atoms with van der Waals surface area (Å²) in [5.74, 6) is -0.313. The van der Waals surface area contributed by atoms with Gasteiger partial charge in [-0.25, -0.2) is 9.97 Å². The largest absolute Gasteiger partial charge is 0.368 e. The molecule has 1 aromatic carbocycles. The lowest BCUT2D eigenvalue weighted by atomic mass is 10.1. The summed E-state index contributed by atoms with van der Waals surface area (Å²) in [6, 6.07) is 9.92. The van der Waals surface area contributed by atoms with E-state index in [1.165, 1.54) is 21.4 Å². The van der Waals surface area contributed by atoms with Gasteiger partial charge in [0.15, 0.2) is 11.3 Å². The molecule has 7 heteroatoms. The average molecular weight is 377 g/mol. The Morgan fingerprint density at radius 3 is 2.57 bits per heavy atom. The van der Waals surface area contributed by atoms with Crippen LogP contribution in [0.5, 0.6) is 0 Å². The van der Waals surface area contributed by atoms with Crippen LogP contribution in [0.15, 0.2) is 41.3 Å². The summed E-state index contributed by atoms with van der Waals surface area (Å²) < 4.78 is 1.39. The molecule has 0 atom stereocenters. The van der Waals surface area contributed by atoms with Gasteiger partial charge < -0.3 is 9.80 Å². The molecule has 0 aliphatic carbocycles. The number of hydrogen-bond donors (Lipinski definition) is 0. The van der Waals surface area contributed by atoms with E-state index in [0.29, 0.717) is 24.3 Å². The van der Waals surface area contributed by atoms with Crippen molar-refractivity contribution in [2.24, 2.45) is 7.05 Å². The summed E-state index contributed by atoms with van der Waals surface area (Å²) in [5.41, 5.74) is 4.22. The Hall–Kier alpha value is -3.22. The van der Waals surface area contributed by atoms with Gasteiger partial charge in [-0.05, 0) is 43.2 Å². The number of rotatable bonds is 2. The first-order chi connectivity index (χ1) is 13.5. The molecule has 1 amide bonds. The van der Waals surface area contributed by atoms with Crippen LogP contribution in [0.4, 0.5) is 5.69 Å². The molecular weight excluding hydrogens is 354 g/mol. The minimum atomic E-state index is -0.409. The number of aryl methyl sites for hydroxylation is 3. The van der Waals surface area contributed by atoms with Crippen molar-refractivity contribution in [2.45, 2.75) is 13.8 Å². The quantitative estimate of drug-likeness (QED) is 0.682. The number of hydrogen-bond acceptors (Lipinski definition) is 5. The number of pyridine rings is 1. The summed E-state index contributed by atoms with van der Waals surface area (Å²) in [4.78, 5) is 38.1. The molecular formula is C21H23N5O2. The number of aromatic nitrogens is 3. The van der Waals surface area contributed by atoms with Gasteiger partial charge >= 0.3 is 0 Å². The van der Waals surface area contributed by atoms with E-state index in [-0.39, 0.29) is 11.6 Å². The van der Waals surface area contributed by atoms with Crippen LogP contribution in [0, 0.1) is 13.8 Å². The summed E-state index contributed by atoms with van der Waals surface area (Å²) >= 11 is 0. The summed E-state index contributed by atoms with van der Waals surface area (Å²) in [7, 11) is 1.62. The highest BCUT2D eigenvalue weighted by Crippen LogP contribution is 2.23. The molecule has 28 heavy (non-hydrogen) atoms. The van der Waals surface area contributed by atoms with Crippen molar-refractivity contribution in [3.8, 4) is 0 Å². The monoisotopic (exact) mass is 377 g/mol. The van der Waals surface area contributed by atoms with Crippen LogP contribution in [0.25, 0.3) is 11.2 Å². The third-order valence-electron chi connectivity index (χ3n) is 5.30. The average Bonchev–Trinajstić information content (AvgIpc) is 2.72. The number of nitrogens with zero attached hydrogens (tertiary/aromatic N) is 5. The number of carbonyl (C=O) groups excluding carboxylic acids is 1. The zero-order valence-corrected chi connectivity index (χ0v) is 16.3. The topological polar surface area (TPSA) is 71.3 Å². The molecule has 1 fully saturated rings. The van der Waals surface area contributed by atoms with E-state index < -0.39 is 5.56 Å². The molecule has 3 heterocycles. The van der Waals surface area contributed by atoms with E-state index in [1.807, 2.05) is 0 Å². The molecule has 0 bridgehead atoms. The number of benzene rings is 1. The lowest BCUT2D eigenvalue weighted by Crippen LogP contribution is -2.50. The predicted octanol–water partition coefficient (Wildman–Crippen LogP) is 1.91. The second kappa shape index (κ2) is 7.07. The third kappa shape index (κ3) is 3.13. The molecule has 0 unspecified atom stereocenters. The number of anilines is 1. The second-order valence-corrected chi connectivity index (χ2v) is 7.24. The van der Waals surface area contributed by atoms with Crippen LogP contribution in [-0.4, -0.2) is 51.5 Å². The van der Waals surface area contributed by atoms with Crippen LogP contribution >= 0.6 is 0 Å². The van der Waals surface area contributed by atoms with Crippen molar-refractivity contribution in [3.05, 3.63) is 63.7 Å². The molecule has 3 aromatic rings. The Morgan fingerprint density at radius 2 is 1.82 bits per heavy atom. The fraction of sp³-hybridized carbons (Fsp3) is 0.333. The number of amides is 1. The van der Waals surface area contributed by atoms with E-state index in [0.717, 1.165) is 13.1 Å². The highest BCUT2D eigenvalue weighted by atomic mass is 16.2. The maximum atomic E-state index is 13.0. The molecule has 1 aliphatic heterocycles. The summed E-state index contributed by atoms with van der Waals surface area (Å²) in [6.45, 7) is 6.75. The maximum Gasteiger partial charge on any atom is 0.283 e. The third-order valence-corrected chi connectivity index (χ3v) is 5.30. The molecule has 1 saturated heterocycles. The zero-order chi connectivity index (χ0) is 19.8. The van der Waals surface area contributed by atoms with Crippen LogP contribution in [0.1, 0.15) is 21.6 Å². The molecule has 1 aliphatic rings. The fourth-order valence-electron chi connectivity index (χ4n) is 3.66. The summed E-state index contributed by atoms with van der Waals surface area (Å²) in [6.07, 6.45) is 1.61. The normalized spacial score (nSPS) is 14.5. The van der Waals surface area contributed by atoms with Gasteiger partial charge in [-0.2, -0.15) is 0 Å². The van der Waals surface area contributed by atoms with Crippen LogP contribution in [0.3, 0.4) is 0 Å². The molecule has 0 saturated carbocycles. The van der Waals surface area contributed by atoms with Crippen LogP contribution < -0.4 is 10.5 Å². The van der Waals surface area contributed by atoms with Crippen molar-refractivity contribution in [1.82, 2.24) is 19.4 Å². The Morgan fingerprint density at radius 1 is 1.07 bits per heavy atom. The molecule has 144 valence electrons. The van der Waals surface area contributed by atoms with Gasteiger partial charge in [0.05, 0.1) is 0 Å². The highest BCUT2D eigenvalue weighted by Gasteiger charge is 2.26. The van der Waals surface area contributed by atoms with E-state index in [9.17, 15) is 9.59 Å². The first-order valence-electron chi connectivity index (χ1n) is 9.39. The molecule has 4 rings (SSSR count). The van der Waals surface area contributed by atoms with Crippen molar-refractivity contribution in [1.29, 1.82) is 0 Å². The first kappa shape index (κ1) is 18.2. The Kier molecular flexibility index (Phi) is 4.58. The smallest absolute Gasteiger partial charge is 0.283 e. The lowest BCUT2D eigenvalue weighted by molar-refractivity contribution is 0.0738. The van der Waals surface area contributed by atoms with E-state index in [4.69, 9.17) is 0 Å². The first-order valence-corrected chi connectivity index (χ1v) is 9.39. The van der Waals surface area contributed by atoms with Gasteiger partial charge in [0.25, 0.3) is 11.5 Å². The fourth-order valence-corrected chi connectivity index (χ4v) is 3.66. The SMILES string of the molecule is Cc1ccc(C)c(N2CCN(C(=O)c3nc4cccnc4n(C)c3=O)CC2)c1. The lowest BCUT2D eigenvalue weighted by Gasteiger charge is -2.36. The van der Waals surface area contributed by atoms with Crippen LogP contribution in [0.2, 0.25) is 0 Å². The molecule has 7 nitrogen and oxygen atoms in total. The van der Waals surface area contributed by atoms with Crippen molar-refractivity contribution < 1.29 is 4.79 Å². The zero-order valence-electron chi connectivity index (χ0n) is 16.3.